The third-order valence-electron chi connectivity index (χ3n) is 4.22. The molecule has 2 rings (SSSR count). The van der Waals surface area contributed by atoms with Gasteiger partial charge in [0.2, 0.25) is 0 Å². The Morgan fingerprint density at radius 1 is 1.29 bits per heavy atom. The van der Waals surface area contributed by atoms with Gasteiger partial charge in [-0.25, -0.2) is 0 Å². The number of esters is 2. The van der Waals surface area contributed by atoms with Gasteiger partial charge in [-0.05, 0) is 32.2 Å². The highest BCUT2D eigenvalue weighted by Crippen LogP contribution is 2.47. The van der Waals surface area contributed by atoms with Crippen LogP contribution < -0.4 is 0 Å². The molecule has 1 aliphatic carbocycles. The monoisotopic (exact) mass is 354 g/mol. The molecule has 132 valence electrons. The van der Waals surface area contributed by atoms with E-state index in [1.165, 1.54) is 18.3 Å². The van der Waals surface area contributed by atoms with Crippen LogP contribution in [0.2, 0.25) is 0 Å². The van der Waals surface area contributed by atoms with Gasteiger partial charge in [-0.15, -0.1) is 11.3 Å². The number of Topliss-reactive ketones (excluding diaryl/α,β-unsaturated/α-hetero) is 1. The summed E-state index contributed by atoms with van der Waals surface area (Å²) >= 11 is 1.33. The Labute approximate surface area is 144 Å². The molecule has 1 heterocycles. The third kappa shape index (κ3) is 3.52. The number of carbonyl (C=O) groups is 3. The summed E-state index contributed by atoms with van der Waals surface area (Å²) in [6, 6.07) is 3.53. The van der Waals surface area contributed by atoms with Crippen LogP contribution in [0, 0.1) is 11.8 Å². The summed E-state index contributed by atoms with van der Waals surface area (Å²) in [7, 11) is 0. The molecule has 1 aromatic rings. The van der Waals surface area contributed by atoms with E-state index in [1.54, 1.807) is 31.4 Å². The minimum atomic E-state index is -1.58. The van der Waals surface area contributed by atoms with Gasteiger partial charge in [0, 0.05) is 17.2 Å². The Hall–Kier alpha value is -1.73. The molecule has 0 spiro atoms. The Morgan fingerprint density at radius 3 is 2.46 bits per heavy atom. The molecule has 1 fully saturated rings. The fraction of sp³-hybridized carbons (Fsp3) is 0.588. The highest BCUT2D eigenvalue weighted by Gasteiger charge is 2.57. The molecular formula is C17H22O6S. The topological polar surface area (TPSA) is 89.9 Å². The van der Waals surface area contributed by atoms with E-state index in [4.69, 9.17) is 9.47 Å². The SMILES string of the molecule is CCOC(=O)[C@H]1C(=O)C[C@@](C)(O)[C@H](C(=O)OCC)[C@@H]1c1cccs1. The molecule has 0 amide bonds. The predicted octanol–water partition coefficient (Wildman–Crippen LogP) is 1.91. The highest BCUT2D eigenvalue weighted by atomic mass is 32.1. The van der Waals surface area contributed by atoms with Gasteiger partial charge >= 0.3 is 11.9 Å². The molecule has 4 atom stereocenters. The van der Waals surface area contributed by atoms with Gasteiger partial charge in [0.25, 0.3) is 0 Å². The first-order chi connectivity index (χ1) is 11.3. The Morgan fingerprint density at radius 2 is 1.92 bits per heavy atom. The maximum Gasteiger partial charge on any atom is 0.317 e. The van der Waals surface area contributed by atoms with Crippen LogP contribution in [0.3, 0.4) is 0 Å². The van der Waals surface area contributed by atoms with Crippen molar-refractivity contribution in [3.63, 3.8) is 0 Å². The number of rotatable bonds is 5. The highest BCUT2D eigenvalue weighted by molar-refractivity contribution is 7.10. The Balaban J connectivity index is 2.53. The van der Waals surface area contributed by atoms with Crippen LogP contribution in [0.1, 0.15) is 38.0 Å². The summed E-state index contributed by atoms with van der Waals surface area (Å²) in [6.07, 6.45) is -0.290. The zero-order chi connectivity index (χ0) is 17.9. The molecule has 1 N–H and O–H groups in total. The van der Waals surface area contributed by atoms with E-state index in [-0.39, 0.29) is 19.6 Å². The minimum Gasteiger partial charge on any atom is -0.466 e. The first-order valence-electron chi connectivity index (χ1n) is 7.95. The van der Waals surface area contributed by atoms with E-state index in [2.05, 4.69) is 0 Å². The molecule has 0 saturated heterocycles. The quantitative estimate of drug-likeness (QED) is 0.642. The molecule has 0 bridgehead atoms. The molecule has 0 radical (unpaired) electrons. The lowest BCUT2D eigenvalue weighted by molar-refractivity contribution is -0.172. The summed E-state index contributed by atoms with van der Waals surface area (Å²) in [5, 5.41) is 12.5. The molecule has 1 aromatic heterocycles. The standard InChI is InChI=1S/C17H22O6S/c1-4-22-15(19)12-10(18)9-17(3,21)14(16(20)23-5-2)13(12)11-7-6-8-24-11/h6-8,12-14,21H,4-5,9H2,1-3H3/t12-,13+,14-,17+/m0/s1. The Bertz CT molecular complexity index is 607. The van der Waals surface area contributed by atoms with Crippen LogP contribution in [0.15, 0.2) is 17.5 Å². The average molecular weight is 354 g/mol. The minimum absolute atomic E-state index is 0.139. The summed E-state index contributed by atoms with van der Waals surface area (Å²) in [5.41, 5.74) is -1.58. The van der Waals surface area contributed by atoms with E-state index >= 15 is 0 Å². The fourth-order valence-corrected chi connectivity index (χ4v) is 4.21. The number of hydrogen-bond acceptors (Lipinski definition) is 7. The average Bonchev–Trinajstić information content (AvgIpc) is 2.99. The maximum absolute atomic E-state index is 12.5. The van der Waals surface area contributed by atoms with Crippen molar-refractivity contribution in [2.75, 3.05) is 13.2 Å². The lowest BCUT2D eigenvalue weighted by Gasteiger charge is -2.43. The van der Waals surface area contributed by atoms with Crippen LogP contribution in [0.25, 0.3) is 0 Å². The van der Waals surface area contributed by atoms with Gasteiger partial charge in [-0.2, -0.15) is 0 Å². The van der Waals surface area contributed by atoms with E-state index in [1.807, 2.05) is 0 Å². The van der Waals surface area contributed by atoms with Crippen LogP contribution in [0.5, 0.6) is 0 Å². The lowest BCUT2D eigenvalue weighted by Crippen LogP contribution is -2.55. The molecule has 0 unspecified atom stereocenters. The van der Waals surface area contributed by atoms with Gasteiger partial charge in [-0.1, -0.05) is 6.07 Å². The largest absolute Gasteiger partial charge is 0.466 e. The molecular weight excluding hydrogens is 332 g/mol. The normalized spacial score (nSPS) is 30.0. The first-order valence-corrected chi connectivity index (χ1v) is 8.83. The summed E-state index contributed by atoms with van der Waals surface area (Å²) in [4.78, 5) is 38.1. The maximum atomic E-state index is 12.5. The second-order valence-corrected chi connectivity index (χ2v) is 6.98. The van der Waals surface area contributed by atoms with Crippen molar-refractivity contribution in [2.45, 2.75) is 38.7 Å². The third-order valence-corrected chi connectivity index (χ3v) is 5.19. The second kappa shape index (κ2) is 7.44. The fourth-order valence-electron chi connectivity index (χ4n) is 3.30. The zero-order valence-electron chi connectivity index (χ0n) is 14.0. The summed E-state index contributed by atoms with van der Waals surface area (Å²) < 4.78 is 10.2. The Kier molecular flexibility index (Phi) is 5.77. The second-order valence-electron chi connectivity index (χ2n) is 6.00. The number of ketones is 1. The van der Waals surface area contributed by atoms with Gasteiger partial charge in [-0.3, -0.25) is 14.4 Å². The van der Waals surface area contributed by atoms with Crippen molar-refractivity contribution in [1.82, 2.24) is 0 Å². The van der Waals surface area contributed by atoms with Crippen LogP contribution in [0.4, 0.5) is 0 Å². The van der Waals surface area contributed by atoms with Gasteiger partial charge in [0.15, 0.2) is 5.78 Å². The lowest BCUT2D eigenvalue weighted by atomic mass is 9.63. The molecule has 1 saturated carbocycles. The number of ether oxygens (including phenoxy) is 2. The molecule has 1 aliphatic rings. The molecule has 24 heavy (non-hydrogen) atoms. The van der Waals surface area contributed by atoms with Gasteiger partial charge < -0.3 is 14.6 Å². The molecule has 0 aromatic carbocycles. The van der Waals surface area contributed by atoms with Crippen LogP contribution in [-0.2, 0) is 23.9 Å². The van der Waals surface area contributed by atoms with Crippen LogP contribution >= 0.6 is 11.3 Å². The van der Waals surface area contributed by atoms with E-state index in [0.29, 0.717) is 4.88 Å². The number of aliphatic hydroxyl groups is 1. The van der Waals surface area contributed by atoms with Crippen molar-refractivity contribution in [3.8, 4) is 0 Å². The first kappa shape index (κ1) is 18.6. The number of carbonyl (C=O) groups excluding carboxylic acids is 3. The number of thiophene rings is 1. The van der Waals surface area contributed by atoms with Gasteiger partial charge in [0.1, 0.15) is 5.92 Å². The summed E-state index contributed by atoms with van der Waals surface area (Å²) in [5.74, 6) is -4.61. The molecule has 7 heteroatoms. The van der Waals surface area contributed by atoms with Crippen LogP contribution in [-0.4, -0.2) is 41.6 Å². The van der Waals surface area contributed by atoms with Crippen molar-refractivity contribution in [1.29, 1.82) is 0 Å². The summed E-state index contributed by atoms with van der Waals surface area (Å²) in [6.45, 7) is 5.06. The predicted molar refractivity (Wildman–Crippen MR) is 87.6 cm³/mol. The zero-order valence-corrected chi connectivity index (χ0v) is 14.8. The van der Waals surface area contributed by atoms with E-state index in [9.17, 15) is 19.5 Å². The van der Waals surface area contributed by atoms with E-state index in [0.717, 1.165) is 0 Å². The van der Waals surface area contributed by atoms with Crippen molar-refractivity contribution >= 4 is 29.1 Å². The van der Waals surface area contributed by atoms with Crippen molar-refractivity contribution in [2.24, 2.45) is 11.8 Å². The van der Waals surface area contributed by atoms with Gasteiger partial charge in [0.05, 0.1) is 24.7 Å². The van der Waals surface area contributed by atoms with Crippen molar-refractivity contribution < 1.29 is 29.0 Å². The smallest absolute Gasteiger partial charge is 0.317 e. The van der Waals surface area contributed by atoms with Crippen molar-refractivity contribution in [3.05, 3.63) is 22.4 Å². The molecule has 6 nitrogen and oxygen atoms in total. The van der Waals surface area contributed by atoms with E-state index < -0.39 is 41.1 Å². The molecule has 0 aliphatic heterocycles. The number of hydrogen-bond donors (Lipinski definition) is 1.